The van der Waals surface area contributed by atoms with E-state index in [2.05, 4.69) is 0 Å². The standard InChI is InChI=1S/C15H20N2O4/c1-4-10(15(19)20-3)17-13-9(16)7-6-8-12(13)21-11(5-2)14(17)18/h6-8,10-11H,4-5,16H2,1-3H3. The van der Waals surface area contributed by atoms with E-state index in [1.54, 1.807) is 18.2 Å². The Bertz CT molecular complexity index is 559. The lowest BCUT2D eigenvalue weighted by Crippen LogP contribution is -2.53. The molecule has 6 heteroatoms. The van der Waals surface area contributed by atoms with E-state index in [1.165, 1.54) is 12.0 Å². The van der Waals surface area contributed by atoms with Crippen molar-refractivity contribution in [1.29, 1.82) is 0 Å². The highest BCUT2D eigenvalue weighted by molar-refractivity contribution is 6.07. The third kappa shape index (κ3) is 2.53. The van der Waals surface area contributed by atoms with Gasteiger partial charge in [-0.2, -0.15) is 0 Å². The number of anilines is 2. The molecule has 0 fully saturated rings. The maximum Gasteiger partial charge on any atom is 0.328 e. The fraction of sp³-hybridized carbons (Fsp3) is 0.467. The van der Waals surface area contributed by atoms with Gasteiger partial charge in [-0.05, 0) is 25.0 Å². The monoisotopic (exact) mass is 292 g/mol. The second-order valence-corrected chi connectivity index (χ2v) is 4.86. The highest BCUT2D eigenvalue weighted by Crippen LogP contribution is 2.40. The van der Waals surface area contributed by atoms with Gasteiger partial charge in [-0.3, -0.25) is 9.69 Å². The van der Waals surface area contributed by atoms with E-state index in [-0.39, 0.29) is 5.91 Å². The normalized spacial score (nSPS) is 18.7. The van der Waals surface area contributed by atoms with E-state index < -0.39 is 18.1 Å². The molecule has 2 atom stereocenters. The van der Waals surface area contributed by atoms with Crippen LogP contribution in [0, 0.1) is 0 Å². The Hall–Kier alpha value is -2.24. The van der Waals surface area contributed by atoms with Crippen molar-refractivity contribution in [2.45, 2.75) is 38.8 Å². The van der Waals surface area contributed by atoms with Crippen molar-refractivity contribution in [2.24, 2.45) is 0 Å². The molecule has 0 saturated heterocycles. The molecule has 21 heavy (non-hydrogen) atoms. The summed E-state index contributed by atoms with van der Waals surface area (Å²) in [6.07, 6.45) is 0.335. The van der Waals surface area contributed by atoms with Gasteiger partial charge < -0.3 is 15.2 Å². The Morgan fingerprint density at radius 3 is 2.76 bits per heavy atom. The number of fused-ring (bicyclic) bond motifs is 1. The third-order valence-corrected chi connectivity index (χ3v) is 3.60. The van der Waals surface area contributed by atoms with Crippen LogP contribution in [0.15, 0.2) is 18.2 Å². The molecule has 114 valence electrons. The number of nitrogens with zero attached hydrogens (tertiary/aromatic N) is 1. The number of carbonyl (C=O) groups is 2. The molecule has 0 spiro atoms. The van der Waals surface area contributed by atoms with Gasteiger partial charge in [0.1, 0.15) is 17.5 Å². The largest absolute Gasteiger partial charge is 0.478 e. The summed E-state index contributed by atoms with van der Waals surface area (Å²) in [6, 6.07) is 4.48. The minimum absolute atomic E-state index is 0.264. The number of benzene rings is 1. The number of hydrogen-bond acceptors (Lipinski definition) is 5. The summed E-state index contributed by atoms with van der Waals surface area (Å²) in [5.74, 6) is -0.208. The van der Waals surface area contributed by atoms with Crippen LogP contribution in [-0.2, 0) is 14.3 Å². The number of hydrogen-bond donors (Lipinski definition) is 1. The molecule has 2 unspecified atom stereocenters. The van der Waals surface area contributed by atoms with Gasteiger partial charge in [-0.1, -0.05) is 19.9 Å². The fourth-order valence-electron chi connectivity index (χ4n) is 2.52. The maximum absolute atomic E-state index is 12.6. The lowest BCUT2D eigenvalue weighted by molar-refractivity contribution is -0.144. The number of methoxy groups -OCH3 is 1. The topological polar surface area (TPSA) is 81.9 Å². The first-order chi connectivity index (χ1) is 10.0. The number of ether oxygens (including phenoxy) is 2. The number of esters is 1. The van der Waals surface area contributed by atoms with Crippen LogP contribution in [0.1, 0.15) is 26.7 Å². The molecular formula is C15H20N2O4. The average molecular weight is 292 g/mol. The van der Waals surface area contributed by atoms with Crippen molar-refractivity contribution in [1.82, 2.24) is 0 Å². The van der Waals surface area contributed by atoms with Gasteiger partial charge in [0.15, 0.2) is 6.10 Å². The Morgan fingerprint density at radius 1 is 1.48 bits per heavy atom. The molecule has 6 nitrogen and oxygen atoms in total. The number of para-hydroxylation sites is 1. The molecule has 0 saturated carbocycles. The summed E-state index contributed by atoms with van der Waals surface area (Å²) in [6.45, 7) is 3.68. The van der Waals surface area contributed by atoms with Crippen molar-refractivity contribution in [2.75, 3.05) is 17.7 Å². The summed E-state index contributed by atoms with van der Waals surface area (Å²) in [5, 5.41) is 0. The van der Waals surface area contributed by atoms with Gasteiger partial charge >= 0.3 is 5.97 Å². The minimum Gasteiger partial charge on any atom is -0.478 e. The Morgan fingerprint density at radius 2 is 2.19 bits per heavy atom. The van der Waals surface area contributed by atoms with Crippen LogP contribution in [0.25, 0.3) is 0 Å². The summed E-state index contributed by atoms with van der Waals surface area (Å²) in [5.41, 5.74) is 6.84. The average Bonchev–Trinajstić information content (AvgIpc) is 2.49. The zero-order valence-electron chi connectivity index (χ0n) is 12.5. The molecule has 1 aromatic carbocycles. The van der Waals surface area contributed by atoms with Crippen LogP contribution >= 0.6 is 0 Å². The van der Waals surface area contributed by atoms with E-state index in [4.69, 9.17) is 15.2 Å². The number of nitrogen functional groups attached to an aromatic ring is 1. The van der Waals surface area contributed by atoms with Gasteiger partial charge in [0, 0.05) is 0 Å². The highest BCUT2D eigenvalue weighted by Gasteiger charge is 2.41. The highest BCUT2D eigenvalue weighted by atomic mass is 16.5. The molecule has 1 amide bonds. The van der Waals surface area contributed by atoms with Crippen molar-refractivity contribution in [3.8, 4) is 5.75 Å². The summed E-state index contributed by atoms with van der Waals surface area (Å²) < 4.78 is 10.5. The van der Waals surface area contributed by atoms with Gasteiger partial charge in [0.05, 0.1) is 12.8 Å². The first kappa shape index (κ1) is 15.2. The SMILES string of the molecule is CCC1Oc2cccc(N)c2N(C(CC)C(=O)OC)C1=O. The molecule has 1 heterocycles. The van der Waals surface area contributed by atoms with Crippen molar-refractivity contribution >= 4 is 23.3 Å². The third-order valence-electron chi connectivity index (χ3n) is 3.60. The summed E-state index contributed by atoms with van der Waals surface area (Å²) in [7, 11) is 1.31. The predicted molar refractivity (Wildman–Crippen MR) is 79.1 cm³/mol. The van der Waals surface area contributed by atoms with Crippen molar-refractivity contribution in [3.63, 3.8) is 0 Å². The van der Waals surface area contributed by atoms with E-state index in [0.717, 1.165) is 0 Å². The van der Waals surface area contributed by atoms with Gasteiger partial charge in [0.2, 0.25) is 0 Å². The van der Waals surface area contributed by atoms with Crippen LogP contribution < -0.4 is 15.4 Å². The van der Waals surface area contributed by atoms with E-state index in [9.17, 15) is 9.59 Å². The van der Waals surface area contributed by atoms with E-state index in [0.29, 0.717) is 30.0 Å². The Labute approximate surface area is 123 Å². The molecule has 1 aromatic rings. The molecule has 2 N–H and O–H groups in total. The van der Waals surface area contributed by atoms with E-state index >= 15 is 0 Å². The Balaban J connectivity index is 2.56. The molecule has 0 radical (unpaired) electrons. The quantitative estimate of drug-likeness (QED) is 0.675. The smallest absolute Gasteiger partial charge is 0.328 e. The van der Waals surface area contributed by atoms with Crippen molar-refractivity contribution in [3.05, 3.63) is 18.2 Å². The number of carbonyl (C=O) groups excluding carboxylic acids is 2. The molecule has 1 aliphatic rings. The summed E-state index contributed by atoms with van der Waals surface area (Å²) in [4.78, 5) is 26.1. The predicted octanol–water partition coefficient (Wildman–Crippen LogP) is 1.72. The number of nitrogens with two attached hydrogens (primary N) is 1. The van der Waals surface area contributed by atoms with E-state index in [1.807, 2.05) is 13.8 Å². The maximum atomic E-state index is 12.6. The van der Waals surface area contributed by atoms with Crippen LogP contribution in [0.4, 0.5) is 11.4 Å². The van der Waals surface area contributed by atoms with Gasteiger partial charge in [-0.25, -0.2) is 4.79 Å². The van der Waals surface area contributed by atoms with Crippen LogP contribution in [-0.4, -0.2) is 31.1 Å². The number of amides is 1. The molecule has 0 aromatic heterocycles. The minimum atomic E-state index is -0.705. The zero-order valence-corrected chi connectivity index (χ0v) is 12.5. The lowest BCUT2D eigenvalue weighted by Gasteiger charge is -2.38. The first-order valence-electron chi connectivity index (χ1n) is 7.01. The molecular weight excluding hydrogens is 272 g/mol. The molecule has 0 aliphatic carbocycles. The van der Waals surface area contributed by atoms with Gasteiger partial charge in [0.25, 0.3) is 5.91 Å². The second kappa shape index (κ2) is 6.03. The molecule has 2 rings (SSSR count). The molecule has 0 bridgehead atoms. The molecule has 1 aliphatic heterocycles. The van der Waals surface area contributed by atoms with Crippen molar-refractivity contribution < 1.29 is 19.1 Å². The Kier molecular flexibility index (Phi) is 4.35. The zero-order chi connectivity index (χ0) is 15.6. The fourth-order valence-corrected chi connectivity index (χ4v) is 2.52. The first-order valence-corrected chi connectivity index (χ1v) is 7.01. The van der Waals surface area contributed by atoms with Crippen LogP contribution in [0.3, 0.4) is 0 Å². The number of rotatable bonds is 4. The second-order valence-electron chi connectivity index (χ2n) is 4.86. The van der Waals surface area contributed by atoms with Gasteiger partial charge in [-0.15, -0.1) is 0 Å². The van der Waals surface area contributed by atoms with Crippen LogP contribution in [0.2, 0.25) is 0 Å². The lowest BCUT2D eigenvalue weighted by atomic mass is 10.1. The van der Waals surface area contributed by atoms with Crippen LogP contribution in [0.5, 0.6) is 5.75 Å². The summed E-state index contributed by atoms with van der Waals surface area (Å²) >= 11 is 0.